The second-order valence-corrected chi connectivity index (χ2v) is 30.9. The van der Waals surface area contributed by atoms with E-state index in [-0.39, 0.29) is 98.9 Å². The molecule has 0 bridgehead atoms. The fourth-order valence-electron chi connectivity index (χ4n) is 14.4. The van der Waals surface area contributed by atoms with Crippen LogP contribution in [-0.4, -0.2) is 178 Å². The maximum absolute atomic E-state index is 14.9. The zero-order valence-corrected chi connectivity index (χ0v) is 62.6. The Balaban J connectivity index is 0.929. The number of hydrogen-bond acceptors (Lipinski definition) is 16. The Morgan fingerprint density at radius 1 is 0.641 bits per heavy atom. The van der Waals surface area contributed by atoms with Gasteiger partial charge < -0.3 is 60.6 Å². The van der Waals surface area contributed by atoms with Crippen molar-refractivity contribution in [2.24, 2.45) is 47.2 Å². The van der Waals surface area contributed by atoms with Crippen LogP contribution in [0.4, 0.5) is 20.1 Å². The second-order valence-electron chi connectivity index (χ2n) is 29.0. The van der Waals surface area contributed by atoms with E-state index in [0.717, 1.165) is 22.3 Å². The number of urea groups is 1. The van der Waals surface area contributed by atoms with Crippen LogP contribution >= 0.6 is 0 Å². The number of benzene rings is 4. The van der Waals surface area contributed by atoms with Gasteiger partial charge in [-0.25, -0.2) is 22.8 Å². The monoisotopic (exact) mass is 1450 g/mol. The third-order valence-corrected chi connectivity index (χ3v) is 21.9. The van der Waals surface area contributed by atoms with Crippen molar-refractivity contribution in [3.8, 4) is 11.1 Å². The summed E-state index contributed by atoms with van der Waals surface area (Å²) in [5.74, 6) is -7.48. The fourth-order valence-corrected chi connectivity index (χ4v) is 15.7. The molecule has 4 aromatic rings. The number of fused-ring (bicyclic) bond motifs is 3. The van der Waals surface area contributed by atoms with E-state index < -0.39 is 117 Å². The molecule has 0 aromatic heterocycles. The molecular weight excluding hydrogens is 1340 g/mol. The van der Waals surface area contributed by atoms with Gasteiger partial charge in [-0.3, -0.25) is 38.3 Å². The number of nitrogens with one attached hydrogen (secondary N) is 5. The van der Waals surface area contributed by atoms with Crippen molar-refractivity contribution in [2.75, 3.05) is 53.3 Å². The highest BCUT2D eigenvalue weighted by molar-refractivity contribution is 7.91. The standard InChI is InChI=1S/C77H107N9O16S/c1-45(2)59(74(93)84(10)69(48(7)8)65(99-12)42-66(89)86-38-22-30-62(86)70(100-13)49(9)71(90)81-61(39-50-23-15-14-16-24-50)73(92)83-103(97,98)54-35-36-54)41-64(88)68(47(5)6)85(11)77(96)102-43-51-31-33-53(34-32-51)80-72(91)52(25-21-37-79-75(78)94)40-63(87)67(46(3)4)82-76(95)101-44-60-57-28-19-17-26-55(57)56-27-18-20-29-58(56)60/h14-20,23-24,26-29,31-34,45-49,52,54,59-62,65,67-70H,21-22,25,30,35-44H2,1-13H3,(H,80,91)(H,81,90)(H,82,95)(H,83,92)(H3,78,79,94)/t49-,52-,59+,61+,62+,65-,67+,68+,69+,70-/m1/s1. The van der Waals surface area contributed by atoms with Crippen LogP contribution in [0.2, 0.25) is 0 Å². The number of ketones is 2. The first kappa shape index (κ1) is 81.5. The van der Waals surface area contributed by atoms with E-state index in [4.69, 9.17) is 24.7 Å². The Kier molecular flexibility index (Phi) is 29.8. The number of anilines is 1. The molecule has 1 aliphatic heterocycles. The van der Waals surface area contributed by atoms with Crippen molar-refractivity contribution in [3.63, 3.8) is 0 Å². The van der Waals surface area contributed by atoms with E-state index in [0.29, 0.717) is 55.5 Å². The smallest absolute Gasteiger partial charge is 0.410 e. The molecule has 9 amide bonds. The fraction of sp³-hybridized carbons (Fsp3) is 0.558. The van der Waals surface area contributed by atoms with Crippen LogP contribution < -0.4 is 31.7 Å². The molecule has 1 saturated heterocycles. The zero-order valence-electron chi connectivity index (χ0n) is 61.8. The highest BCUT2D eigenvalue weighted by Gasteiger charge is 2.45. The minimum absolute atomic E-state index is 0.0238. The topological polar surface area (TPSA) is 338 Å². The normalized spacial score (nSPS) is 16.9. The van der Waals surface area contributed by atoms with Crippen LogP contribution in [0, 0.1) is 41.4 Å². The van der Waals surface area contributed by atoms with Crippen molar-refractivity contribution >= 4 is 75.0 Å². The number of Topliss-reactive ketones (excluding diaryl/α,β-unsaturated/α-hetero) is 2. The molecule has 0 spiro atoms. The molecule has 1 heterocycles. The summed E-state index contributed by atoms with van der Waals surface area (Å²) in [6, 6.07) is 26.2. The molecule has 25 nitrogen and oxygen atoms in total. The number of nitrogens with zero attached hydrogens (tertiary/aromatic N) is 3. The number of likely N-dealkylation sites (N-methyl/N-ethyl adjacent to an activating group) is 2. The van der Waals surface area contributed by atoms with Gasteiger partial charge in [-0.2, -0.15) is 0 Å². The molecule has 1 saturated carbocycles. The lowest BCUT2D eigenvalue weighted by Gasteiger charge is -2.40. The molecule has 3 aliphatic rings. The number of alkyl carbamates (subject to hydrolysis) is 1. The molecule has 26 heteroatoms. The van der Waals surface area contributed by atoms with Gasteiger partial charge in [0.25, 0.3) is 5.91 Å². The van der Waals surface area contributed by atoms with Crippen LogP contribution in [-0.2, 0) is 75.6 Å². The average molecular weight is 1450 g/mol. The molecule has 0 unspecified atom stereocenters. The van der Waals surface area contributed by atoms with Crippen LogP contribution in [0.15, 0.2) is 103 Å². The Bertz CT molecular complexity index is 3670. The van der Waals surface area contributed by atoms with Crippen LogP contribution in [0.1, 0.15) is 148 Å². The van der Waals surface area contributed by atoms with Crippen molar-refractivity contribution in [2.45, 2.75) is 187 Å². The van der Waals surface area contributed by atoms with Crippen molar-refractivity contribution in [1.29, 1.82) is 0 Å². The first-order chi connectivity index (χ1) is 48.9. The molecule has 10 atom stereocenters. The first-order valence-electron chi connectivity index (χ1n) is 35.9. The van der Waals surface area contributed by atoms with Crippen LogP contribution in [0.5, 0.6) is 0 Å². The van der Waals surface area contributed by atoms with E-state index in [2.05, 4.69) is 26.0 Å². The number of carbonyl (C=O) groups excluding carboxylic acids is 10. The third-order valence-electron chi connectivity index (χ3n) is 20.1. The highest BCUT2D eigenvalue weighted by Crippen LogP contribution is 2.45. The molecule has 103 heavy (non-hydrogen) atoms. The van der Waals surface area contributed by atoms with Gasteiger partial charge in [0, 0.05) is 84.1 Å². The number of hydrogen-bond donors (Lipinski definition) is 6. The predicted octanol–water partition coefficient (Wildman–Crippen LogP) is 8.90. The summed E-state index contributed by atoms with van der Waals surface area (Å²) in [6.07, 6.45) is -1.31. The van der Waals surface area contributed by atoms with Crippen LogP contribution in [0.3, 0.4) is 0 Å². The molecule has 7 N–H and O–H groups in total. The van der Waals surface area contributed by atoms with E-state index in [9.17, 15) is 56.4 Å². The summed E-state index contributed by atoms with van der Waals surface area (Å²) >= 11 is 0. The Hall–Kier alpha value is -8.75. The number of rotatable bonds is 38. The minimum atomic E-state index is -3.92. The minimum Gasteiger partial charge on any atom is -0.449 e. The lowest BCUT2D eigenvalue weighted by Crippen LogP contribution is -2.55. The summed E-state index contributed by atoms with van der Waals surface area (Å²) in [4.78, 5) is 143. The summed E-state index contributed by atoms with van der Waals surface area (Å²) in [7, 11) is 2.10. The molecule has 7 rings (SSSR count). The van der Waals surface area contributed by atoms with Crippen molar-refractivity contribution < 1.29 is 75.3 Å². The molecule has 0 radical (unpaired) electrons. The summed E-state index contributed by atoms with van der Waals surface area (Å²) in [5.41, 5.74) is 11.1. The van der Waals surface area contributed by atoms with Gasteiger partial charge in [-0.05, 0) is 108 Å². The highest BCUT2D eigenvalue weighted by atomic mass is 32.2. The number of carbonyl (C=O) groups is 10. The van der Waals surface area contributed by atoms with Gasteiger partial charge in [0.05, 0.1) is 54.0 Å². The quantitative estimate of drug-likeness (QED) is 0.0228. The van der Waals surface area contributed by atoms with Crippen molar-refractivity contribution in [3.05, 3.63) is 125 Å². The lowest BCUT2D eigenvalue weighted by atomic mass is 9.84. The summed E-state index contributed by atoms with van der Waals surface area (Å²) < 4.78 is 51.4. The molecular formula is C77H107N9O16S. The van der Waals surface area contributed by atoms with E-state index in [1.165, 1.54) is 26.2 Å². The zero-order chi connectivity index (χ0) is 75.6. The van der Waals surface area contributed by atoms with Gasteiger partial charge in [0.2, 0.25) is 33.7 Å². The number of sulfonamides is 1. The molecule has 4 aromatic carbocycles. The number of primary amides is 1. The number of likely N-dealkylation sites (tertiary alicyclic amines) is 1. The van der Waals surface area contributed by atoms with Gasteiger partial charge in [0.15, 0.2) is 11.6 Å². The number of ether oxygens (including phenoxy) is 4. The lowest BCUT2D eigenvalue weighted by molar-refractivity contribution is -0.149. The average Bonchev–Trinajstić information content (AvgIpc) is 1.62. The van der Waals surface area contributed by atoms with Gasteiger partial charge >= 0.3 is 18.2 Å². The Morgan fingerprint density at radius 3 is 1.83 bits per heavy atom. The molecule has 2 aliphatic carbocycles. The summed E-state index contributed by atoms with van der Waals surface area (Å²) in [5, 5.41) is 10.3. The van der Waals surface area contributed by atoms with E-state index >= 15 is 0 Å². The molecule has 2 fully saturated rings. The first-order valence-corrected chi connectivity index (χ1v) is 37.4. The number of methoxy groups -OCH3 is 2. The van der Waals surface area contributed by atoms with Crippen LogP contribution in [0.25, 0.3) is 11.1 Å². The largest absolute Gasteiger partial charge is 0.449 e. The second kappa shape index (κ2) is 37.6. The van der Waals surface area contributed by atoms with Gasteiger partial charge in [-0.1, -0.05) is 153 Å². The van der Waals surface area contributed by atoms with Crippen molar-refractivity contribution in [1.82, 2.24) is 35.4 Å². The van der Waals surface area contributed by atoms with E-state index in [1.54, 1.807) is 106 Å². The van der Waals surface area contributed by atoms with Gasteiger partial charge in [-0.15, -0.1) is 0 Å². The predicted molar refractivity (Wildman–Crippen MR) is 390 cm³/mol. The molecule has 562 valence electrons. The Morgan fingerprint density at radius 2 is 1.26 bits per heavy atom. The maximum atomic E-state index is 14.9. The SMILES string of the molecule is CO[C@H]([C@@H](C)C(=O)N[C@@H](Cc1ccccc1)C(=O)NS(=O)(=O)C1CC1)[C@@H]1CCCN1C(=O)C[C@@H](OC)[C@H](C(C)C)N(C)C(=O)[C@@H](CC(=O)[C@H](C(C)C)N(C)C(=O)OCc1ccc(NC(=O)[C@H](CCCNC(N)=O)CC(=O)[C@@H](NC(=O)OCC2c3ccccc3-c3ccccc32)C(C)C)cc1)C(C)C. The van der Waals surface area contributed by atoms with E-state index in [1.807, 2.05) is 76.2 Å². The number of nitrogens with two attached hydrogens (primary N) is 1. The third kappa shape index (κ3) is 21.9. The Labute approximate surface area is 606 Å². The number of amides is 9. The van der Waals surface area contributed by atoms with Gasteiger partial charge in [0.1, 0.15) is 19.3 Å². The summed E-state index contributed by atoms with van der Waals surface area (Å²) in [6.45, 7) is 16.7. The maximum Gasteiger partial charge on any atom is 0.410 e.